The number of rotatable bonds is 8. The molecule has 0 heterocycles. The van der Waals surface area contributed by atoms with Crippen molar-refractivity contribution in [2.75, 3.05) is 28.0 Å². The van der Waals surface area contributed by atoms with Crippen molar-refractivity contribution in [2.24, 2.45) is 0 Å². The highest BCUT2D eigenvalue weighted by Gasteiger charge is 2.23. The minimum absolute atomic E-state index is 0.00929. The Morgan fingerprint density at radius 1 is 0.912 bits per heavy atom. The second kappa shape index (κ2) is 10.9. The fourth-order valence-electron chi connectivity index (χ4n) is 4.47. The van der Waals surface area contributed by atoms with E-state index in [4.69, 9.17) is 14.2 Å². The lowest BCUT2D eigenvalue weighted by Crippen LogP contribution is -2.30. The van der Waals surface area contributed by atoms with Gasteiger partial charge in [-0.15, -0.1) is 0 Å². The molecule has 0 aromatic heterocycles. The lowest BCUT2D eigenvalue weighted by molar-refractivity contribution is 0.0511. The highest BCUT2D eigenvalue weighted by Crippen LogP contribution is 2.44. The Kier molecular flexibility index (Phi) is 7.71. The summed E-state index contributed by atoms with van der Waals surface area (Å²) in [5, 5.41) is 0. The number of hydrogen-bond acceptors (Lipinski definition) is 4. The molecule has 0 bridgehead atoms. The van der Waals surface area contributed by atoms with Crippen molar-refractivity contribution in [3.05, 3.63) is 95.1 Å². The molecular weight excluding hydrogens is 422 g/mol. The Balaban J connectivity index is 1.79. The van der Waals surface area contributed by atoms with Gasteiger partial charge in [-0.25, -0.2) is 0 Å². The molecule has 4 rings (SSSR count). The van der Waals surface area contributed by atoms with Crippen molar-refractivity contribution < 1.29 is 14.2 Å². The Hall–Kier alpha value is -3.08. The number of fused-ring (bicyclic) bond motifs is 1. The second-order valence-corrected chi connectivity index (χ2v) is 9.16. The van der Waals surface area contributed by atoms with Gasteiger partial charge in [-0.2, -0.15) is 0 Å². The normalized spacial score (nSPS) is 17.8. The van der Waals surface area contributed by atoms with E-state index in [2.05, 4.69) is 79.4 Å². The number of methoxy groups -OCH3 is 1. The van der Waals surface area contributed by atoms with Crippen LogP contribution in [0.2, 0.25) is 0 Å². The number of benzene rings is 3. The van der Waals surface area contributed by atoms with Crippen LogP contribution in [0.25, 0.3) is 11.1 Å². The van der Waals surface area contributed by atoms with Gasteiger partial charge >= 0.3 is 0 Å². The molecule has 2 atom stereocenters. The van der Waals surface area contributed by atoms with Gasteiger partial charge in [0.25, 0.3) is 0 Å². The van der Waals surface area contributed by atoms with Gasteiger partial charge in [0, 0.05) is 7.11 Å². The van der Waals surface area contributed by atoms with Gasteiger partial charge < -0.3 is 14.2 Å². The predicted molar refractivity (Wildman–Crippen MR) is 139 cm³/mol. The lowest BCUT2D eigenvalue weighted by atomic mass is 9.77. The van der Waals surface area contributed by atoms with Crippen LogP contribution in [0.15, 0.2) is 72.8 Å². The van der Waals surface area contributed by atoms with E-state index in [-0.39, 0.29) is 13.0 Å². The summed E-state index contributed by atoms with van der Waals surface area (Å²) in [7, 11) is 5.66. The maximum atomic E-state index is 6.07. The summed E-state index contributed by atoms with van der Waals surface area (Å²) < 4.78 is 16.7. The maximum absolute atomic E-state index is 6.07. The zero-order valence-electron chi connectivity index (χ0n) is 20.9. The summed E-state index contributed by atoms with van der Waals surface area (Å²) in [6, 6.07) is 25.7. The van der Waals surface area contributed by atoms with Crippen molar-refractivity contribution in [1.82, 2.24) is 4.90 Å². The minimum atomic E-state index is 0.00929. The monoisotopic (exact) mass is 457 g/mol. The van der Waals surface area contributed by atoms with Crippen LogP contribution in [0.3, 0.4) is 0 Å². The Labute approximate surface area is 203 Å². The molecule has 34 heavy (non-hydrogen) atoms. The average Bonchev–Trinajstić information content (AvgIpc) is 2.86. The molecule has 0 radical (unpaired) electrons. The molecule has 0 N–H and O–H groups in total. The van der Waals surface area contributed by atoms with Gasteiger partial charge in [0.05, 0.1) is 0 Å². The topological polar surface area (TPSA) is 30.9 Å². The van der Waals surface area contributed by atoms with E-state index in [1.54, 1.807) is 7.11 Å². The lowest BCUT2D eigenvalue weighted by Gasteiger charge is -2.28. The molecular formula is C30H35NO3. The Morgan fingerprint density at radius 2 is 1.53 bits per heavy atom. The van der Waals surface area contributed by atoms with Crippen LogP contribution in [-0.2, 0) is 4.74 Å². The Bertz CT molecular complexity index is 1120. The number of allylic oxidation sites excluding steroid dienone is 1. The molecule has 0 fully saturated rings. The standard InChI is InChI=1S/C30H35NO3/c1-21-10-19-29(28-9-7-6-8-27(21)28)30(23-11-15-25(16-12-23)33-20-32-5)24-13-17-26(18-14-24)34-22(2)31(3)4/h6-9,11-18,21-22H,10,19-20H2,1-5H3. The summed E-state index contributed by atoms with van der Waals surface area (Å²) in [6.45, 7) is 4.62. The van der Waals surface area contributed by atoms with Crippen molar-refractivity contribution in [1.29, 1.82) is 0 Å². The fourth-order valence-corrected chi connectivity index (χ4v) is 4.47. The molecule has 2 unspecified atom stereocenters. The minimum Gasteiger partial charge on any atom is -0.475 e. The van der Waals surface area contributed by atoms with Gasteiger partial charge in [-0.3, -0.25) is 4.90 Å². The summed E-state index contributed by atoms with van der Waals surface area (Å²) >= 11 is 0. The van der Waals surface area contributed by atoms with Crippen LogP contribution in [0, 0.1) is 0 Å². The zero-order chi connectivity index (χ0) is 24.1. The molecule has 4 nitrogen and oxygen atoms in total. The van der Waals surface area contributed by atoms with E-state index < -0.39 is 0 Å². The van der Waals surface area contributed by atoms with E-state index in [1.165, 1.54) is 33.4 Å². The quantitative estimate of drug-likeness (QED) is 0.348. The molecule has 0 saturated carbocycles. The first kappa shape index (κ1) is 24.1. The molecule has 1 aliphatic rings. The van der Waals surface area contributed by atoms with Crippen LogP contribution in [0.1, 0.15) is 54.9 Å². The van der Waals surface area contributed by atoms with Gasteiger partial charge in [-0.05, 0) is 97.4 Å². The summed E-state index contributed by atoms with van der Waals surface area (Å²) in [4.78, 5) is 2.05. The van der Waals surface area contributed by atoms with Crippen molar-refractivity contribution in [3.63, 3.8) is 0 Å². The van der Waals surface area contributed by atoms with Crippen molar-refractivity contribution in [3.8, 4) is 11.5 Å². The first-order valence-corrected chi connectivity index (χ1v) is 12.0. The third-order valence-corrected chi connectivity index (χ3v) is 6.61. The smallest absolute Gasteiger partial charge is 0.188 e. The zero-order valence-corrected chi connectivity index (χ0v) is 20.9. The SMILES string of the molecule is COCOc1ccc(C(=C2CCC(C)c3ccccc32)c2ccc(OC(C)N(C)C)cc2)cc1. The molecule has 3 aromatic carbocycles. The highest BCUT2D eigenvalue weighted by atomic mass is 16.7. The van der Waals surface area contributed by atoms with E-state index >= 15 is 0 Å². The third kappa shape index (κ3) is 5.35. The predicted octanol–water partition coefficient (Wildman–Crippen LogP) is 6.81. The molecule has 0 aliphatic heterocycles. The van der Waals surface area contributed by atoms with E-state index in [1.807, 2.05) is 26.2 Å². The first-order chi connectivity index (χ1) is 16.5. The molecule has 0 saturated heterocycles. The molecule has 178 valence electrons. The van der Waals surface area contributed by atoms with Gasteiger partial charge in [0.2, 0.25) is 0 Å². The number of hydrogen-bond donors (Lipinski definition) is 0. The fraction of sp³-hybridized carbons (Fsp3) is 0.333. The molecule has 0 spiro atoms. The largest absolute Gasteiger partial charge is 0.475 e. The molecule has 4 heteroatoms. The van der Waals surface area contributed by atoms with Crippen molar-refractivity contribution in [2.45, 2.75) is 38.8 Å². The molecule has 1 aliphatic carbocycles. The van der Waals surface area contributed by atoms with E-state index in [0.29, 0.717) is 5.92 Å². The third-order valence-electron chi connectivity index (χ3n) is 6.61. The van der Waals surface area contributed by atoms with Crippen LogP contribution >= 0.6 is 0 Å². The number of ether oxygens (including phenoxy) is 3. The Morgan fingerprint density at radius 3 is 2.15 bits per heavy atom. The highest BCUT2D eigenvalue weighted by molar-refractivity contribution is 5.99. The first-order valence-electron chi connectivity index (χ1n) is 12.0. The molecule has 0 amide bonds. The van der Waals surface area contributed by atoms with E-state index in [0.717, 1.165) is 24.3 Å². The van der Waals surface area contributed by atoms with Gasteiger partial charge in [0.1, 0.15) is 17.7 Å². The van der Waals surface area contributed by atoms with Crippen LogP contribution in [0.4, 0.5) is 0 Å². The van der Waals surface area contributed by atoms with Gasteiger partial charge in [-0.1, -0.05) is 55.5 Å². The number of nitrogens with zero attached hydrogens (tertiary/aromatic N) is 1. The second-order valence-electron chi connectivity index (χ2n) is 9.16. The summed E-state index contributed by atoms with van der Waals surface area (Å²) in [5.74, 6) is 2.23. The van der Waals surface area contributed by atoms with Crippen LogP contribution < -0.4 is 9.47 Å². The molecule has 3 aromatic rings. The summed E-state index contributed by atoms with van der Waals surface area (Å²) in [6.07, 6.45) is 2.20. The van der Waals surface area contributed by atoms with Crippen LogP contribution in [-0.4, -0.2) is 39.1 Å². The summed E-state index contributed by atoms with van der Waals surface area (Å²) in [5.41, 5.74) is 7.83. The average molecular weight is 458 g/mol. The van der Waals surface area contributed by atoms with Gasteiger partial charge in [0.15, 0.2) is 6.79 Å². The van der Waals surface area contributed by atoms with Crippen molar-refractivity contribution >= 4 is 11.1 Å². The van der Waals surface area contributed by atoms with E-state index in [9.17, 15) is 0 Å². The maximum Gasteiger partial charge on any atom is 0.188 e. The van der Waals surface area contributed by atoms with Crippen LogP contribution in [0.5, 0.6) is 11.5 Å².